The molecule has 0 aliphatic heterocycles. The lowest BCUT2D eigenvalue weighted by atomic mass is 10.2. The molecule has 1 fully saturated rings. The molecule has 4 heteroatoms. The summed E-state index contributed by atoms with van der Waals surface area (Å²) in [4.78, 5) is 14.1. The van der Waals surface area contributed by atoms with E-state index in [9.17, 15) is 4.79 Å². The summed E-state index contributed by atoms with van der Waals surface area (Å²) in [5.41, 5.74) is 0. The first-order valence-electron chi connectivity index (χ1n) is 7.27. The molecule has 0 spiro atoms. The zero-order chi connectivity index (χ0) is 13.4. The van der Waals surface area contributed by atoms with Crippen molar-refractivity contribution in [2.45, 2.75) is 58.0 Å². The Morgan fingerprint density at radius 3 is 2.33 bits per heavy atom. The molecule has 4 nitrogen and oxygen atoms in total. The summed E-state index contributed by atoms with van der Waals surface area (Å²) in [6, 6.07) is 0.415. The van der Waals surface area contributed by atoms with Crippen molar-refractivity contribution in [3.63, 3.8) is 0 Å². The third-order valence-electron chi connectivity index (χ3n) is 3.31. The molecular formula is C14H28N2O2. The van der Waals surface area contributed by atoms with Crippen LogP contribution in [0.1, 0.15) is 46.0 Å². The van der Waals surface area contributed by atoms with Gasteiger partial charge >= 0.3 is 5.97 Å². The fourth-order valence-electron chi connectivity index (χ4n) is 2.23. The standard InChI is InChI=1S/C14H28N2O2/c1-4-9-16(10-5-2)11-8-13(14(17)18-3)15-12-6-7-12/h12-13,15H,4-11H2,1-3H3. The van der Waals surface area contributed by atoms with Gasteiger partial charge in [-0.15, -0.1) is 0 Å². The van der Waals surface area contributed by atoms with Crippen LogP contribution in [0.5, 0.6) is 0 Å². The molecule has 0 aromatic rings. The van der Waals surface area contributed by atoms with Gasteiger partial charge in [0.2, 0.25) is 0 Å². The van der Waals surface area contributed by atoms with E-state index in [1.165, 1.54) is 32.8 Å². The lowest BCUT2D eigenvalue weighted by molar-refractivity contribution is -0.143. The first kappa shape index (κ1) is 15.4. The van der Waals surface area contributed by atoms with Crippen molar-refractivity contribution in [3.05, 3.63) is 0 Å². The predicted octanol–water partition coefficient (Wildman–Crippen LogP) is 1.79. The molecule has 1 saturated carbocycles. The predicted molar refractivity (Wildman–Crippen MR) is 73.6 cm³/mol. The quantitative estimate of drug-likeness (QED) is 0.605. The Bertz CT molecular complexity index is 236. The van der Waals surface area contributed by atoms with Crippen molar-refractivity contribution in [3.8, 4) is 0 Å². The molecule has 1 N–H and O–H groups in total. The first-order valence-corrected chi connectivity index (χ1v) is 7.27. The number of hydrogen-bond donors (Lipinski definition) is 1. The van der Waals surface area contributed by atoms with Gasteiger partial charge in [-0.1, -0.05) is 13.8 Å². The van der Waals surface area contributed by atoms with Crippen molar-refractivity contribution in [1.29, 1.82) is 0 Å². The maximum atomic E-state index is 11.7. The summed E-state index contributed by atoms with van der Waals surface area (Å²) < 4.78 is 4.87. The molecule has 0 heterocycles. The summed E-state index contributed by atoms with van der Waals surface area (Å²) >= 11 is 0. The number of esters is 1. The van der Waals surface area contributed by atoms with Gasteiger partial charge < -0.3 is 15.0 Å². The molecule has 18 heavy (non-hydrogen) atoms. The highest BCUT2D eigenvalue weighted by molar-refractivity contribution is 5.75. The number of carbonyl (C=O) groups is 1. The van der Waals surface area contributed by atoms with Crippen molar-refractivity contribution < 1.29 is 9.53 Å². The van der Waals surface area contributed by atoms with Gasteiger partial charge in [-0.3, -0.25) is 4.79 Å². The normalized spacial score (nSPS) is 16.9. The number of rotatable bonds is 10. The second kappa shape index (κ2) is 8.48. The van der Waals surface area contributed by atoms with E-state index in [1.807, 2.05) is 0 Å². The highest BCUT2D eigenvalue weighted by atomic mass is 16.5. The third-order valence-corrected chi connectivity index (χ3v) is 3.31. The maximum Gasteiger partial charge on any atom is 0.322 e. The number of nitrogens with zero attached hydrogens (tertiary/aromatic N) is 1. The molecule has 1 atom stereocenters. The molecule has 1 aliphatic carbocycles. The summed E-state index contributed by atoms with van der Waals surface area (Å²) in [5, 5.41) is 3.38. The van der Waals surface area contributed by atoms with Crippen LogP contribution in [0.2, 0.25) is 0 Å². The summed E-state index contributed by atoms with van der Waals surface area (Å²) in [5.74, 6) is -0.116. The number of nitrogens with one attached hydrogen (secondary N) is 1. The lowest BCUT2D eigenvalue weighted by Crippen LogP contribution is -2.42. The summed E-state index contributed by atoms with van der Waals surface area (Å²) in [6.45, 7) is 7.60. The van der Waals surface area contributed by atoms with Crippen molar-refractivity contribution >= 4 is 5.97 Å². The van der Waals surface area contributed by atoms with Crippen molar-refractivity contribution in [2.24, 2.45) is 0 Å². The van der Waals surface area contributed by atoms with Crippen LogP contribution in [-0.4, -0.2) is 49.7 Å². The minimum atomic E-state index is -0.126. The number of ether oxygens (including phenoxy) is 1. The minimum absolute atomic E-state index is 0.116. The Morgan fingerprint density at radius 2 is 1.89 bits per heavy atom. The van der Waals surface area contributed by atoms with Gasteiger partial charge in [0.1, 0.15) is 6.04 Å². The molecule has 0 radical (unpaired) electrons. The molecule has 0 bridgehead atoms. The van der Waals surface area contributed by atoms with E-state index in [-0.39, 0.29) is 12.0 Å². The molecule has 106 valence electrons. The van der Waals surface area contributed by atoms with E-state index in [4.69, 9.17) is 4.74 Å². The van der Waals surface area contributed by atoms with Crippen LogP contribution in [0, 0.1) is 0 Å². The molecule has 0 aromatic carbocycles. The van der Waals surface area contributed by atoms with Gasteiger partial charge in [0, 0.05) is 12.6 Å². The molecule has 1 rings (SSSR count). The smallest absolute Gasteiger partial charge is 0.322 e. The Balaban J connectivity index is 2.35. The SMILES string of the molecule is CCCN(CCC)CCC(NC1CC1)C(=O)OC. The van der Waals surface area contributed by atoms with E-state index in [0.29, 0.717) is 6.04 Å². The summed E-state index contributed by atoms with van der Waals surface area (Å²) in [6.07, 6.45) is 5.57. The van der Waals surface area contributed by atoms with Gasteiger partial charge in [-0.2, -0.15) is 0 Å². The largest absolute Gasteiger partial charge is 0.468 e. The molecular weight excluding hydrogens is 228 g/mol. The molecule has 1 aliphatic rings. The van der Waals surface area contributed by atoms with Gasteiger partial charge in [-0.25, -0.2) is 0 Å². The van der Waals surface area contributed by atoms with Crippen LogP contribution in [0.25, 0.3) is 0 Å². The average molecular weight is 256 g/mol. The Hall–Kier alpha value is -0.610. The summed E-state index contributed by atoms with van der Waals surface area (Å²) in [7, 11) is 1.47. The zero-order valence-electron chi connectivity index (χ0n) is 12.1. The van der Waals surface area contributed by atoms with Crippen LogP contribution >= 0.6 is 0 Å². The van der Waals surface area contributed by atoms with Crippen molar-refractivity contribution in [2.75, 3.05) is 26.7 Å². The van der Waals surface area contributed by atoms with Gasteiger partial charge in [0.25, 0.3) is 0 Å². The molecule has 0 amide bonds. The van der Waals surface area contributed by atoms with Crippen LogP contribution in [-0.2, 0) is 9.53 Å². The number of carbonyl (C=O) groups excluding carboxylic acids is 1. The highest BCUT2D eigenvalue weighted by Crippen LogP contribution is 2.20. The Morgan fingerprint density at radius 1 is 1.28 bits per heavy atom. The first-order chi connectivity index (χ1) is 8.71. The van der Waals surface area contributed by atoms with Crippen LogP contribution in [0.4, 0.5) is 0 Å². The molecule has 0 saturated heterocycles. The monoisotopic (exact) mass is 256 g/mol. The maximum absolute atomic E-state index is 11.7. The van der Waals surface area contributed by atoms with E-state index in [1.54, 1.807) is 0 Å². The van der Waals surface area contributed by atoms with E-state index in [0.717, 1.165) is 26.1 Å². The van der Waals surface area contributed by atoms with Gasteiger partial charge in [-0.05, 0) is 45.2 Å². The van der Waals surface area contributed by atoms with Crippen LogP contribution in [0.15, 0.2) is 0 Å². The Labute approximate surface area is 111 Å². The van der Waals surface area contributed by atoms with Crippen LogP contribution < -0.4 is 5.32 Å². The van der Waals surface area contributed by atoms with Gasteiger partial charge in [0.15, 0.2) is 0 Å². The van der Waals surface area contributed by atoms with E-state index >= 15 is 0 Å². The van der Waals surface area contributed by atoms with E-state index in [2.05, 4.69) is 24.1 Å². The fourth-order valence-corrected chi connectivity index (χ4v) is 2.23. The number of methoxy groups -OCH3 is 1. The average Bonchev–Trinajstić information content (AvgIpc) is 3.17. The highest BCUT2D eigenvalue weighted by Gasteiger charge is 2.28. The fraction of sp³-hybridized carbons (Fsp3) is 0.929. The Kier molecular flexibility index (Phi) is 7.28. The lowest BCUT2D eigenvalue weighted by Gasteiger charge is -2.24. The second-order valence-electron chi connectivity index (χ2n) is 5.15. The third kappa shape index (κ3) is 5.83. The van der Waals surface area contributed by atoms with Crippen molar-refractivity contribution in [1.82, 2.24) is 10.2 Å². The molecule has 0 aromatic heterocycles. The van der Waals surface area contributed by atoms with Crippen LogP contribution in [0.3, 0.4) is 0 Å². The molecule has 1 unspecified atom stereocenters. The topological polar surface area (TPSA) is 41.6 Å². The van der Waals surface area contributed by atoms with Gasteiger partial charge in [0.05, 0.1) is 7.11 Å². The minimum Gasteiger partial charge on any atom is -0.468 e. The zero-order valence-corrected chi connectivity index (χ0v) is 12.1. The number of hydrogen-bond acceptors (Lipinski definition) is 4. The van der Waals surface area contributed by atoms with E-state index < -0.39 is 0 Å². The second-order valence-corrected chi connectivity index (χ2v) is 5.15.